The molecule has 2 aromatic rings. The third-order valence-electron chi connectivity index (χ3n) is 2.71. The van der Waals surface area contributed by atoms with Gasteiger partial charge in [0, 0.05) is 21.6 Å². The monoisotopic (exact) mass is 382 g/mol. The van der Waals surface area contributed by atoms with Crippen molar-refractivity contribution in [2.45, 2.75) is 0 Å². The maximum absolute atomic E-state index is 12.4. The van der Waals surface area contributed by atoms with E-state index >= 15 is 0 Å². The van der Waals surface area contributed by atoms with Crippen LogP contribution in [0.5, 0.6) is 0 Å². The summed E-state index contributed by atoms with van der Waals surface area (Å²) in [5.74, 6) is -0.111. The summed E-state index contributed by atoms with van der Waals surface area (Å²) < 4.78 is 1.69. The zero-order valence-corrected chi connectivity index (χ0v) is 13.4. The molecule has 1 amide bonds. The summed E-state index contributed by atoms with van der Waals surface area (Å²) in [6.45, 7) is 0. The SMILES string of the molecule is CN(C(=O)c1cc(Br)cc(Br)c1)c1ccccc1N. The molecule has 0 fully saturated rings. The second-order valence-electron chi connectivity index (χ2n) is 4.08. The van der Waals surface area contributed by atoms with Crippen LogP contribution in [-0.2, 0) is 0 Å². The Balaban J connectivity index is 2.36. The minimum Gasteiger partial charge on any atom is -0.397 e. The number of rotatable bonds is 2. The first-order valence-corrected chi connectivity index (χ1v) is 7.16. The lowest BCUT2D eigenvalue weighted by Gasteiger charge is -2.19. The van der Waals surface area contributed by atoms with Crippen LogP contribution < -0.4 is 10.6 Å². The maximum Gasteiger partial charge on any atom is 0.258 e. The van der Waals surface area contributed by atoms with Crippen molar-refractivity contribution < 1.29 is 4.79 Å². The van der Waals surface area contributed by atoms with Gasteiger partial charge in [0.1, 0.15) is 0 Å². The highest BCUT2D eigenvalue weighted by molar-refractivity contribution is 9.11. The summed E-state index contributed by atoms with van der Waals surface area (Å²) >= 11 is 6.75. The minimum absolute atomic E-state index is 0.111. The third-order valence-corrected chi connectivity index (χ3v) is 3.63. The van der Waals surface area contributed by atoms with Crippen LogP contribution in [0.15, 0.2) is 51.4 Å². The van der Waals surface area contributed by atoms with Crippen molar-refractivity contribution in [2.24, 2.45) is 0 Å². The molecule has 2 rings (SSSR count). The number of anilines is 2. The number of benzene rings is 2. The molecule has 0 bridgehead atoms. The number of para-hydroxylation sites is 2. The van der Waals surface area contributed by atoms with Crippen molar-refractivity contribution in [3.05, 3.63) is 57.0 Å². The van der Waals surface area contributed by atoms with Crippen LogP contribution in [0.1, 0.15) is 10.4 Å². The Kier molecular flexibility index (Phi) is 4.27. The molecule has 0 radical (unpaired) electrons. The van der Waals surface area contributed by atoms with Crippen LogP contribution in [0.25, 0.3) is 0 Å². The maximum atomic E-state index is 12.4. The summed E-state index contributed by atoms with van der Waals surface area (Å²) in [6, 6.07) is 12.7. The molecule has 0 saturated heterocycles. The molecule has 0 aromatic heterocycles. The number of nitrogens with two attached hydrogens (primary N) is 1. The number of amides is 1. The number of nitrogen functional groups attached to an aromatic ring is 1. The molecule has 0 saturated carbocycles. The number of nitrogens with zero attached hydrogens (tertiary/aromatic N) is 1. The molecule has 0 aliphatic rings. The van der Waals surface area contributed by atoms with Crippen molar-refractivity contribution in [1.29, 1.82) is 0 Å². The molecule has 0 spiro atoms. The highest BCUT2D eigenvalue weighted by atomic mass is 79.9. The first-order valence-electron chi connectivity index (χ1n) is 5.57. The van der Waals surface area contributed by atoms with E-state index in [1.54, 1.807) is 30.1 Å². The Morgan fingerprint density at radius 2 is 1.68 bits per heavy atom. The van der Waals surface area contributed by atoms with Gasteiger partial charge < -0.3 is 10.6 Å². The molecule has 0 aliphatic carbocycles. The number of carbonyl (C=O) groups is 1. The van der Waals surface area contributed by atoms with Gasteiger partial charge in [-0.25, -0.2) is 0 Å². The highest BCUT2D eigenvalue weighted by Crippen LogP contribution is 2.25. The van der Waals surface area contributed by atoms with Crippen molar-refractivity contribution in [2.75, 3.05) is 17.7 Å². The zero-order valence-electron chi connectivity index (χ0n) is 10.2. The van der Waals surface area contributed by atoms with Crippen LogP contribution in [-0.4, -0.2) is 13.0 Å². The fraction of sp³-hybridized carbons (Fsp3) is 0.0714. The summed E-state index contributed by atoms with van der Waals surface area (Å²) in [6.07, 6.45) is 0. The van der Waals surface area contributed by atoms with Crippen molar-refractivity contribution in [1.82, 2.24) is 0 Å². The van der Waals surface area contributed by atoms with Gasteiger partial charge in [-0.2, -0.15) is 0 Å². The van der Waals surface area contributed by atoms with E-state index in [0.29, 0.717) is 16.9 Å². The van der Waals surface area contributed by atoms with E-state index in [1.165, 1.54) is 0 Å². The van der Waals surface area contributed by atoms with Gasteiger partial charge in [0.15, 0.2) is 0 Å². The predicted molar refractivity (Wildman–Crippen MR) is 85.4 cm³/mol. The van der Waals surface area contributed by atoms with Crippen LogP contribution in [0, 0.1) is 0 Å². The average molecular weight is 384 g/mol. The summed E-state index contributed by atoms with van der Waals surface area (Å²) in [4.78, 5) is 14.0. The van der Waals surface area contributed by atoms with Crippen LogP contribution in [0.4, 0.5) is 11.4 Å². The van der Waals surface area contributed by atoms with Crippen LogP contribution >= 0.6 is 31.9 Å². The normalized spacial score (nSPS) is 10.3. The van der Waals surface area contributed by atoms with E-state index in [0.717, 1.165) is 8.95 Å². The second kappa shape index (κ2) is 5.75. The van der Waals surface area contributed by atoms with Crippen molar-refractivity contribution in [3.63, 3.8) is 0 Å². The predicted octanol–water partition coefficient (Wildman–Crippen LogP) is 4.07. The number of hydrogen-bond donors (Lipinski definition) is 1. The lowest BCUT2D eigenvalue weighted by molar-refractivity contribution is 0.0993. The third kappa shape index (κ3) is 3.16. The van der Waals surface area contributed by atoms with E-state index in [-0.39, 0.29) is 5.91 Å². The van der Waals surface area contributed by atoms with Gasteiger partial charge in [-0.15, -0.1) is 0 Å². The van der Waals surface area contributed by atoms with E-state index in [2.05, 4.69) is 31.9 Å². The molecule has 0 atom stereocenters. The number of halogens is 2. The van der Waals surface area contributed by atoms with Gasteiger partial charge >= 0.3 is 0 Å². The van der Waals surface area contributed by atoms with Gasteiger partial charge in [0.25, 0.3) is 5.91 Å². The van der Waals surface area contributed by atoms with Gasteiger partial charge in [-0.05, 0) is 30.3 Å². The molecule has 19 heavy (non-hydrogen) atoms. The molecule has 0 heterocycles. The smallest absolute Gasteiger partial charge is 0.258 e. The lowest BCUT2D eigenvalue weighted by atomic mass is 10.2. The Morgan fingerprint density at radius 3 is 2.26 bits per heavy atom. The Morgan fingerprint density at radius 1 is 1.11 bits per heavy atom. The molecular formula is C14H12Br2N2O. The number of hydrogen-bond acceptors (Lipinski definition) is 2. The topological polar surface area (TPSA) is 46.3 Å². The van der Waals surface area contributed by atoms with Gasteiger partial charge in [-0.1, -0.05) is 44.0 Å². The van der Waals surface area contributed by atoms with E-state index in [1.807, 2.05) is 24.3 Å². The Labute approximate surface area is 128 Å². The van der Waals surface area contributed by atoms with E-state index < -0.39 is 0 Å². The molecule has 2 aromatic carbocycles. The standard InChI is InChI=1S/C14H12Br2N2O/c1-18(13-5-3-2-4-12(13)17)14(19)9-6-10(15)8-11(16)7-9/h2-8H,17H2,1H3. The number of carbonyl (C=O) groups excluding carboxylic acids is 1. The molecule has 0 unspecified atom stereocenters. The summed E-state index contributed by atoms with van der Waals surface area (Å²) in [5.41, 5.74) is 7.75. The second-order valence-corrected chi connectivity index (χ2v) is 5.91. The summed E-state index contributed by atoms with van der Waals surface area (Å²) in [7, 11) is 1.71. The van der Waals surface area contributed by atoms with E-state index in [4.69, 9.17) is 5.73 Å². The highest BCUT2D eigenvalue weighted by Gasteiger charge is 2.16. The average Bonchev–Trinajstić information content (AvgIpc) is 2.36. The molecular weight excluding hydrogens is 372 g/mol. The van der Waals surface area contributed by atoms with Gasteiger partial charge in [0.05, 0.1) is 11.4 Å². The van der Waals surface area contributed by atoms with Gasteiger partial charge in [-0.3, -0.25) is 4.79 Å². The fourth-order valence-electron chi connectivity index (χ4n) is 1.77. The van der Waals surface area contributed by atoms with E-state index in [9.17, 15) is 4.79 Å². The Bertz CT molecular complexity index is 608. The molecule has 98 valence electrons. The summed E-state index contributed by atoms with van der Waals surface area (Å²) in [5, 5.41) is 0. The molecule has 3 nitrogen and oxygen atoms in total. The fourth-order valence-corrected chi connectivity index (χ4v) is 3.07. The first kappa shape index (κ1) is 14.1. The first-order chi connectivity index (χ1) is 8.99. The van der Waals surface area contributed by atoms with Crippen molar-refractivity contribution in [3.8, 4) is 0 Å². The zero-order chi connectivity index (χ0) is 14.0. The quantitative estimate of drug-likeness (QED) is 0.794. The molecule has 2 N–H and O–H groups in total. The Hall–Kier alpha value is -1.33. The van der Waals surface area contributed by atoms with Crippen molar-refractivity contribution >= 4 is 49.1 Å². The minimum atomic E-state index is -0.111. The lowest BCUT2D eigenvalue weighted by Crippen LogP contribution is -2.27. The van der Waals surface area contributed by atoms with Crippen LogP contribution in [0.3, 0.4) is 0 Å². The molecule has 0 aliphatic heterocycles. The molecule has 5 heteroatoms. The largest absolute Gasteiger partial charge is 0.397 e. The van der Waals surface area contributed by atoms with Gasteiger partial charge in [0.2, 0.25) is 0 Å². The van der Waals surface area contributed by atoms with Crippen LogP contribution in [0.2, 0.25) is 0 Å².